The maximum absolute atomic E-state index is 10.7. The molecule has 1 aromatic heterocycles. The maximum atomic E-state index is 10.7. The summed E-state index contributed by atoms with van der Waals surface area (Å²) >= 11 is 0. The molecule has 0 saturated heterocycles. The van der Waals surface area contributed by atoms with Crippen LogP contribution in [0.2, 0.25) is 0 Å². The van der Waals surface area contributed by atoms with Crippen molar-refractivity contribution >= 4 is 5.97 Å². The van der Waals surface area contributed by atoms with Gasteiger partial charge < -0.3 is 5.11 Å². The third-order valence-corrected chi connectivity index (χ3v) is 2.81. The zero-order valence-corrected chi connectivity index (χ0v) is 9.77. The van der Waals surface area contributed by atoms with E-state index in [9.17, 15) is 4.79 Å². The van der Waals surface area contributed by atoms with E-state index in [-0.39, 0.29) is 5.56 Å². The second-order valence-electron chi connectivity index (χ2n) is 4.04. The van der Waals surface area contributed by atoms with Crippen LogP contribution in [0.15, 0.2) is 36.5 Å². The molecule has 3 nitrogen and oxygen atoms in total. The van der Waals surface area contributed by atoms with Crippen LogP contribution in [0.5, 0.6) is 0 Å². The molecule has 0 fully saturated rings. The summed E-state index contributed by atoms with van der Waals surface area (Å²) in [7, 11) is 0. The van der Waals surface area contributed by atoms with E-state index in [0.717, 1.165) is 11.3 Å². The first-order valence-corrected chi connectivity index (χ1v) is 5.35. The fraction of sp³-hybridized carbons (Fsp3) is 0.143. The number of carbonyl (C=O) groups is 1. The summed E-state index contributed by atoms with van der Waals surface area (Å²) in [5, 5.41) is 8.79. The molecule has 0 radical (unpaired) electrons. The maximum Gasteiger partial charge on any atom is 0.337 e. The largest absolute Gasteiger partial charge is 0.478 e. The van der Waals surface area contributed by atoms with Gasteiger partial charge in [0.05, 0.1) is 11.3 Å². The van der Waals surface area contributed by atoms with Crippen LogP contribution in [0.1, 0.15) is 21.5 Å². The Bertz CT molecular complexity index is 559. The number of aryl methyl sites for hydroxylation is 2. The summed E-state index contributed by atoms with van der Waals surface area (Å²) in [5.41, 5.74) is 4.43. The molecule has 0 aliphatic heterocycles. The highest BCUT2D eigenvalue weighted by molar-refractivity contribution is 5.87. The van der Waals surface area contributed by atoms with E-state index in [1.807, 2.05) is 19.1 Å². The predicted octanol–water partition coefficient (Wildman–Crippen LogP) is 3.06. The number of aromatic nitrogens is 1. The third kappa shape index (κ3) is 2.33. The van der Waals surface area contributed by atoms with Crippen molar-refractivity contribution < 1.29 is 9.90 Å². The number of pyridine rings is 1. The van der Waals surface area contributed by atoms with Gasteiger partial charge in [0.25, 0.3) is 0 Å². The van der Waals surface area contributed by atoms with E-state index in [1.54, 1.807) is 12.1 Å². The van der Waals surface area contributed by atoms with Gasteiger partial charge in [0, 0.05) is 11.8 Å². The number of rotatable bonds is 2. The van der Waals surface area contributed by atoms with Gasteiger partial charge in [0.2, 0.25) is 0 Å². The number of nitrogens with zero attached hydrogens (tertiary/aromatic N) is 1. The molecule has 0 spiro atoms. The van der Waals surface area contributed by atoms with Gasteiger partial charge in [-0.15, -0.1) is 0 Å². The first kappa shape index (κ1) is 11.3. The molecule has 2 aromatic rings. The highest BCUT2D eigenvalue weighted by atomic mass is 16.4. The molecule has 1 aromatic carbocycles. The van der Waals surface area contributed by atoms with Gasteiger partial charge in [-0.3, -0.25) is 4.98 Å². The van der Waals surface area contributed by atoms with Crippen molar-refractivity contribution in [2.24, 2.45) is 0 Å². The summed E-state index contributed by atoms with van der Waals surface area (Å²) in [6, 6.07) is 9.38. The van der Waals surface area contributed by atoms with Gasteiger partial charge in [0.15, 0.2) is 0 Å². The highest BCUT2D eigenvalue weighted by Gasteiger charge is 2.05. The molecule has 2 rings (SSSR count). The number of hydrogen-bond acceptors (Lipinski definition) is 2. The average molecular weight is 227 g/mol. The summed E-state index contributed by atoms with van der Waals surface area (Å²) < 4.78 is 0. The van der Waals surface area contributed by atoms with E-state index < -0.39 is 5.97 Å². The van der Waals surface area contributed by atoms with Crippen LogP contribution >= 0.6 is 0 Å². The lowest BCUT2D eigenvalue weighted by Gasteiger charge is -2.05. The Hall–Kier alpha value is -2.16. The van der Waals surface area contributed by atoms with Gasteiger partial charge in [-0.25, -0.2) is 4.79 Å². The SMILES string of the molecule is Cc1ccc(-c2ccc(C(=O)O)cn2)cc1C. The fourth-order valence-electron chi connectivity index (χ4n) is 1.59. The van der Waals surface area contributed by atoms with Crippen molar-refractivity contribution in [3.05, 3.63) is 53.2 Å². The molecule has 0 unspecified atom stereocenters. The first-order valence-electron chi connectivity index (χ1n) is 5.35. The van der Waals surface area contributed by atoms with Crippen molar-refractivity contribution in [3.63, 3.8) is 0 Å². The average Bonchev–Trinajstić information content (AvgIpc) is 2.33. The Morgan fingerprint density at radius 1 is 1.12 bits per heavy atom. The first-order chi connectivity index (χ1) is 8.08. The number of carboxylic acid groups (broad SMARTS) is 1. The Balaban J connectivity index is 2.39. The molecule has 1 N–H and O–H groups in total. The molecule has 0 aliphatic carbocycles. The minimum absolute atomic E-state index is 0.206. The quantitative estimate of drug-likeness (QED) is 0.857. The second kappa shape index (κ2) is 4.37. The summed E-state index contributed by atoms with van der Waals surface area (Å²) in [6.07, 6.45) is 1.38. The second-order valence-corrected chi connectivity index (χ2v) is 4.04. The van der Waals surface area contributed by atoms with Crippen LogP contribution < -0.4 is 0 Å². The van der Waals surface area contributed by atoms with Crippen LogP contribution in [0.25, 0.3) is 11.3 Å². The van der Waals surface area contributed by atoms with Gasteiger partial charge in [-0.2, -0.15) is 0 Å². The van der Waals surface area contributed by atoms with Crippen LogP contribution in [0.4, 0.5) is 0 Å². The van der Waals surface area contributed by atoms with Crippen LogP contribution in [-0.4, -0.2) is 16.1 Å². The zero-order chi connectivity index (χ0) is 12.4. The van der Waals surface area contributed by atoms with E-state index in [4.69, 9.17) is 5.11 Å². The minimum atomic E-state index is -0.955. The number of aromatic carboxylic acids is 1. The van der Waals surface area contributed by atoms with Crippen molar-refractivity contribution in [1.82, 2.24) is 4.98 Å². The van der Waals surface area contributed by atoms with Crippen LogP contribution in [0.3, 0.4) is 0 Å². The molecule has 3 heteroatoms. The minimum Gasteiger partial charge on any atom is -0.478 e. The third-order valence-electron chi connectivity index (χ3n) is 2.81. The van der Waals surface area contributed by atoms with Gasteiger partial charge >= 0.3 is 5.97 Å². The highest BCUT2D eigenvalue weighted by Crippen LogP contribution is 2.20. The van der Waals surface area contributed by atoms with Crippen LogP contribution in [-0.2, 0) is 0 Å². The number of benzene rings is 1. The van der Waals surface area contributed by atoms with E-state index in [1.165, 1.54) is 17.3 Å². The van der Waals surface area contributed by atoms with E-state index in [2.05, 4.69) is 18.0 Å². The topological polar surface area (TPSA) is 50.2 Å². The van der Waals surface area contributed by atoms with Crippen LogP contribution in [0, 0.1) is 13.8 Å². The number of hydrogen-bond donors (Lipinski definition) is 1. The Kier molecular flexibility index (Phi) is 2.91. The van der Waals surface area contributed by atoms with Crippen molar-refractivity contribution in [1.29, 1.82) is 0 Å². The van der Waals surface area contributed by atoms with Gasteiger partial charge in [0.1, 0.15) is 0 Å². The summed E-state index contributed by atoms with van der Waals surface area (Å²) in [6.45, 7) is 4.10. The van der Waals surface area contributed by atoms with E-state index >= 15 is 0 Å². The molecule has 0 bridgehead atoms. The lowest BCUT2D eigenvalue weighted by molar-refractivity contribution is 0.0696. The zero-order valence-electron chi connectivity index (χ0n) is 9.77. The fourth-order valence-corrected chi connectivity index (χ4v) is 1.59. The molecule has 86 valence electrons. The van der Waals surface area contributed by atoms with Crippen molar-refractivity contribution in [2.45, 2.75) is 13.8 Å². The molecule has 0 atom stereocenters. The van der Waals surface area contributed by atoms with Crippen molar-refractivity contribution in [3.8, 4) is 11.3 Å². The lowest BCUT2D eigenvalue weighted by Crippen LogP contribution is -1.97. The normalized spacial score (nSPS) is 10.2. The molecular weight excluding hydrogens is 214 g/mol. The van der Waals surface area contributed by atoms with E-state index in [0.29, 0.717) is 0 Å². The Morgan fingerprint density at radius 3 is 2.41 bits per heavy atom. The Labute approximate surface area is 99.8 Å². The van der Waals surface area contributed by atoms with Gasteiger partial charge in [-0.1, -0.05) is 12.1 Å². The lowest BCUT2D eigenvalue weighted by atomic mass is 10.0. The smallest absolute Gasteiger partial charge is 0.337 e. The van der Waals surface area contributed by atoms with Crippen molar-refractivity contribution in [2.75, 3.05) is 0 Å². The monoisotopic (exact) mass is 227 g/mol. The molecular formula is C14H13NO2. The van der Waals surface area contributed by atoms with Gasteiger partial charge in [-0.05, 0) is 43.2 Å². The molecule has 0 saturated carbocycles. The standard InChI is InChI=1S/C14H13NO2/c1-9-3-4-11(7-10(9)2)13-6-5-12(8-15-13)14(16)17/h3-8H,1-2H3,(H,16,17). The molecule has 0 aliphatic rings. The summed E-state index contributed by atoms with van der Waals surface area (Å²) in [4.78, 5) is 14.9. The molecule has 0 amide bonds. The molecule has 1 heterocycles. The molecule has 17 heavy (non-hydrogen) atoms. The Morgan fingerprint density at radius 2 is 1.88 bits per heavy atom. The predicted molar refractivity (Wildman–Crippen MR) is 66.1 cm³/mol. The summed E-state index contributed by atoms with van der Waals surface area (Å²) in [5.74, 6) is -0.955. The number of carboxylic acids is 1.